The Bertz CT molecular complexity index is 206. The first-order valence-electron chi connectivity index (χ1n) is 7.43. The molecule has 0 heterocycles. The first kappa shape index (κ1) is 17.6. The zero-order valence-electron chi connectivity index (χ0n) is 12.4. The highest BCUT2D eigenvalue weighted by molar-refractivity contribution is 5.84. The van der Waals surface area contributed by atoms with E-state index in [-0.39, 0.29) is 17.6 Å². The molecule has 0 aromatic carbocycles. The van der Waals surface area contributed by atoms with Crippen LogP contribution in [0, 0.1) is 11.8 Å². The summed E-state index contributed by atoms with van der Waals surface area (Å²) in [6.45, 7) is 7.87. The van der Waals surface area contributed by atoms with E-state index in [0.29, 0.717) is 25.7 Å². The molecule has 18 heavy (non-hydrogen) atoms. The van der Waals surface area contributed by atoms with Crippen LogP contribution in [-0.2, 0) is 4.79 Å². The van der Waals surface area contributed by atoms with E-state index >= 15 is 0 Å². The number of rotatable bonds is 10. The zero-order valence-corrected chi connectivity index (χ0v) is 12.4. The number of hydrogen-bond donors (Lipinski definition) is 2. The lowest BCUT2D eigenvalue weighted by Crippen LogP contribution is -2.37. The molecule has 0 aliphatic carbocycles. The summed E-state index contributed by atoms with van der Waals surface area (Å²) < 4.78 is 0. The minimum Gasteiger partial charge on any atom is -0.392 e. The predicted molar refractivity (Wildman–Crippen MR) is 74.4 cm³/mol. The summed E-state index contributed by atoms with van der Waals surface area (Å²) in [5.41, 5.74) is 0. The first-order valence-corrected chi connectivity index (χ1v) is 7.43. The van der Waals surface area contributed by atoms with Crippen LogP contribution in [0.1, 0.15) is 66.2 Å². The van der Waals surface area contributed by atoms with Crippen LogP contribution >= 0.6 is 0 Å². The monoisotopic (exact) mass is 258 g/mol. The third-order valence-electron chi connectivity index (χ3n) is 3.71. The Labute approximate surface area is 112 Å². The number of carbonyl (C=O) groups excluding carboxylic acids is 1. The van der Waals surface area contributed by atoms with E-state index in [1.54, 1.807) is 0 Å². The summed E-state index contributed by atoms with van der Waals surface area (Å²) in [4.78, 5) is 12.4. The van der Waals surface area contributed by atoms with Gasteiger partial charge in [0.05, 0.1) is 12.2 Å². The minimum atomic E-state index is -0.560. The highest BCUT2D eigenvalue weighted by Gasteiger charge is 2.33. The normalized spacial score (nSPS) is 18.1. The molecule has 0 amide bonds. The molecule has 0 aliphatic rings. The molecule has 4 atom stereocenters. The molecule has 0 rings (SSSR count). The highest BCUT2D eigenvalue weighted by atomic mass is 16.3. The minimum absolute atomic E-state index is 0.0434. The van der Waals surface area contributed by atoms with Gasteiger partial charge in [0.2, 0.25) is 0 Å². The molecule has 0 saturated carbocycles. The van der Waals surface area contributed by atoms with Crippen LogP contribution in [0.2, 0.25) is 0 Å². The fourth-order valence-electron chi connectivity index (χ4n) is 2.59. The number of aliphatic hydroxyl groups excluding tert-OH is 2. The van der Waals surface area contributed by atoms with Crippen molar-refractivity contribution < 1.29 is 15.0 Å². The van der Waals surface area contributed by atoms with Gasteiger partial charge in [0, 0.05) is 11.8 Å². The molecule has 0 spiro atoms. The lowest BCUT2D eigenvalue weighted by atomic mass is 9.80. The van der Waals surface area contributed by atoms with Crippen LogP contribution in [0.15, 0.2) is 0 Å². The molecular weight excluding hydrogens is 228 g/mol. The van der Waals surface area contributed by atoms with Gasteiger partial charge < -0.3 is 10.2 Å². The molecule has 3 heteroatoms. The number of aliphatic hydroxyl groups is 2. The van der Waals surface area contributed by atoms with Gasteiger partial charge in [-0.05, 0) is 25.7 Å². The van der Waals surface area contributed by atoms with E-state index in [9.17, 15) is 15.0 Å². The van der Waals surface area contributed by atoms with Gasteiger partial charge in [-0.25, -0.2) is 0 Å². The third kappa shape index (κ3) is 5.07. The molecule has 0 bridgehead atoms. The second-order valence-electron chi connectivity index (χ2n) is 5.14. The molecule has 2 N–H and O–H groups in total. The average Bonchev–Trinajstić information content (AvgIpc) is 2.31. The van der Waals surface area contributed by atoms with Crippen molar-refractivity contribution in [3.8, 4) is 0 Å². The predicted octanol–water partition coefficient (Wildman–Crippen LogP) is 2.93. The standard InChI is InChI=1S/C15H30O3/c1-5-9-13(16)11(7-3)15(18)12(8-4)14(17)10-6-2/h11-14,16-17H,5-10H2,1-4H3. The van der Waals surface area contributed by atoms with Gasteiger partial charge >= 0.3 is 0 Å². The van der Waals surface area contributed by atoms with Gasteiger partial charge in [0.25, 0.3) is 0 Å². The van der Waals surface area contributed by atoms with Crippen molar-refractivity contribution >= 4 is 5.78 Å². The fraction of sp³-hybridized carbons (Fsp3) is 0.933. The molecule has 0 saturated heterocycles. The summed E-state index contributed by atoms with van der Waals surface area (Å²) in [6.07, 6.45) is 3.24. The molecule has 4 unspecified atom stereocenters. The Kier molecular flexibility index (Phi) is 9.29. The lowest BCUT2D eigenvalue weighted by Gasteiger charge is -2.27. The summed E-state index contributed by atoms with van der Waals surface area (Å²) in [6, 6.07) is 0. The van der Waals surface area contributed by atoms with Gasteiger partial charge in [0.1, 0.15) is 5.78 Å². The van der Waals surface area contributed by atoms with Gasteiger partial charge in [-0.15, -0.1) is 0 Å². The van der Waals surface area contributed by atoms with Crippen molar-refractivity contribution in [1.82, 2.24) is 0 Å². The largest absolute Gasteiger partial charge is 0.392 e. The number of carbonyl (C=O) groups is 1. The first-order chi connectivity index (χ1) is 8.53. The second-order valence-corrected chi connectivity index (χ2v) is 5.14. The molecular formula is C15H30O3. The van der Waals surface area contributed by atoms with Crippen molar-refractivity contribution in [2.75, 3.05) is 0 Å². The van der Waals surface area contributed by atoms with Crippen LogP contribution in [-0.4, -0.2) is 28.2 Å². The van der Waals surface area contributed by atoms with E-state index in [4.69, 9.17) is 0 Å². The average molecular weight is 258 g/mol. The zero-order chi connectivity index (χ0) is 14.1. The number of Topliss-reactive ketones (excluding diaryl/α,β-unsaturated/α-hetero) is 1. The summed E-state index contributed by atoms with van der Waals surface area (Å²) in [5, 5.41) is 20.1. The van der Waals surface area contributed by atoms with Crippen LogP contribution < -0.4 is 0 Å². The smallest absolute Gasteiger partial charge is 0.144 e. The van der Waals surface area contributed by atoms with Gasteiger partial charge in [-0.2, -0.15) is 0 Å². The Morgan fingerprint density at radius 1 is 0.833 bits per heavy atom. The third-order valence-corrected chi connectivity index (χ3v) is 3.71. The molecule has 3 nitrogen and oxygen atoms in total. The van der Waals surface area contributed by atoms with Crippen molar-refractivity contribution in [2.45, 2.75) is 78.4 Å². The Balaban J connectivity index is 4.71. The molecule has 0 radical (unpaired) electrons. The molecule has 0 aliphatic heterocycles. The topological polar surface area (TPSA) is 57.5 Å². The van der Waals surface area contributed by atoms with E-state index in [2.05, 4.69) is 0 Å². The summed E-state index contributed by atoms with van der Waals surface area (Å²) in [7, 11) is 0. The van der Waals surface area contributed by atoms with Crippen LogP contribution in [0.3, 0.4) is 0 Å². The maximum Gasteiger partial charge on any atom is 0.144 e. The van der Waals surface area contributed by atoms with E-state index in [1.165, 1.54) is 0 Å². The van der Waals surface area contributed by atoms with Crippen LogP contribution in [0.5, 0.6) is 0 Å². The van der Waals surface area contributed by atoms with Crippen molar-refractivity contribution in [3.63, 3.8) is 0 Å². The summed E-state index contributed by atoms with van der Waals surface area (Å²) in [5.74, 6) is -0.593. The Morgan fingerprint density at radius 3 is 1.39 bits per heavy atom. The SMILES string of the molecule is CCCC(O)C(CC)C(=O)C(CC)C(O)CCC. The van der Waals surface area contributed by atoms with Crippen LogP contribution in [0.4, 0.5) is 0 Å². The van der Waals surface area contributed by atoms with Crippen LogP contribution in [0.25, 0.3) is 0 Å². The molecule has 108 valence electrons. The van der Waals surface area contributed by atoms with Crippen molar-refractivity contribution in [2.24, 2.45) is 11.8 Å². The Hall–Kier alpha value is -0.410. The van der Waals surface area contributed by atoms with E-state index in [1.807, 2.05) is 27.7 Å². The molecule has 0 fully saturated rings. The van der Waals surface area contributed by atoms with Crippen molar-refractivity contribution in [1.29, 1.82) is 0 Å². The Morgan fingerprint density at radius 2 is 1.17 bits per heavy atom. The van der Waals surface area contributed by atoms with Crippen molar-refractivity contribution in [3.05, 3.63) is 0 Å². The maximum atomic E-state index is 12.4. The number of ketones is 1. The molecule has 0 aromatic rings. The lowest BCUT2D eigenvalue weighted by molar-refractivity contribution is -0.134. The molecule has 0 aromatic heterocycles. The highest BCUT2D eigenvalue weighted by Crippen LogP contribution is 2.24. The fourth-order valence-corrected chi connectivity index (χ4v) is 2.59. The second kappa shape index (κ2) is 9.51. The number of hydrogen-bond acceptors (Lipinski definition) is 3. The quantitative estimate of drug-likeness (QED) is 0.633. The summed E-state index contributed by atoms with van der Waals surface area (Å²) >= 11 is 0. The van der Waals surface area contributed by atoms with Gasteiger partial charge in [0.15, 0.2) is 0 Å². The maximum absolute atomic E-state index is 12.4. The van der Waals surface area contributed by atoms with E-state index in [0.717, 1.165) is 12.8 Å². The van der Waals surface area contributed by atoms with Gasteiger partial charge in [-0.1, -0.05) is 40.5 Å². The van der Waals surface area contributed by atoms with E-state index < -0.39 is 12.2 Å². The van der Waals surface area contributed by atoms with Gasteiger partial charge in [-0.3, -0.25) is 4.79 Å².